The van der Waals surface area contributed by atoms with Crippen LogP contribution < -0.4 is 5.32 Å². The molecule has 2 nitrogen and oxygen atoms in total. The Morgan fingerprint density at radius 1 is 1.05 bits per heavy atom. The summed E-state index contributed by atoms with van der Waals surface area (Å²) in [5.74, 6) is 0.574. The highest BCUT2D eigenvalue weighted by atomic mass is 79.9. The van der Waals surface area contributed by atoms with Gasteiger partial charge in [0.05, 0.1) is 0 Å². The summed E-state index contributed by atoms with van der Waals surface area (Å²) < 4.78 is 1.02. The van der Waals surface area contributed by atoms with Crippen molar-refractivity contribution < 1.29 is 0 Å². The van der Waals surface area contributed by atoms with Crippen LogP contribution in [0.4, 0.5) is 0 Å². The Bertz CT molecular complexity index is 546. The largest absolute Gasteiger partial charge is 0.310 e. The van der Waals surface area contributed by atoms with Gasteiger partial charge in [-0.2, -0.15) is 0 Å². The number of pyridine rings is 1. The van der Waals surface area contributed by atoms with Crippen LogP contribution in [0.25, 0.3) is 0 Å². The van der Waals surface area contributed by atoms with Gasteiger partial charge in [0.15, 0.2) is 0 Å². The zero-order valence-corrected chi connectivity index (χ0v) is 14.5. The van der Waals surface area contributed by atoms with Crippen molar-refractivity contribution in [1.82, 2.24) is 10.3 Å². The average Bonchev–Trinajstić information content (AvgIpc) is 2.49. The molecule has 0 bridgehead atoms. The summed E-state index contributed by atoms with van der Waals surface area (Å²) in [7, 11) is 0. The molecule has 2 aromatic rings. The molecule has 0 aliphatic rings. The summed E-state index contributed by atoms with van der Waals surface area (Å²) in [6.07, 6.45) is 2.77. The number of aromatic nitrogens is 1. The maximum absolute atomic E-state index is 4.48. The molecule has 1 N–H and O–H groups in total. The highest BCUT2D eigenvalue weighted by molar-refractivity contribution is 9.10. The van der Waals surface area contributed by atoms with Gasteiger partial charge in [-0.1, -0.05) is 45.0 Å². The predicted molar refractivity (Wildman–Crippen MR) is 92.6 cm³/mol. The van der Waals surface area contributed by atoms with Gasteiger partial charge in [0.25, 0.3) is 0 Å². The number of nitrogens with one attached hydrogen (secondary N) is 1. The molecule has 0 fully saturated rings. The third-order valence-electron chi connectivity index (χ3n) is 3.66. The number of halogens is 1. The standard InChI is InChI=1S/C18H23BrN2/c1-4-20-18(11-17-10-9-16(19)12-21-17)15-7-5-14(6-8-15)13(2)3/h5-10,12-13,18,20H,4,11H2,1-3H3. The van der Waals surface area contributed by atoms with Crippen LogP contribution in [0.15, 0.2) is 47.1 Å². The van der Waals surface area contributed by atoms with Crippen LogP contribution in [0.5, 0.6) is 0 Å². The summed E-state index contributed by atoms with van der Waals surface area (Å²) in [4.78, 5) is 4.48. The normalized spacial score (nSPS) is 12.6. The maximum atomic E-state index is 4.48. The summed E-state index contributed by atoms with van der Waals surface area (Å²) in [6.45, 7) is 7.54. The lowest BCUT2D eigenvalue weighted by molar-refractivity contribution is 0.544. The Kier molecular flexibility index (Phi) is 5.95. The number of hydrogen-bond acceptors (Lipinski definition) is 2. The summed E-state index contributed by atoms with van der Waals surface area (Å²) in [5.41, 5.74) is 3.82. The molecule has 1 aromatic heterocycles. The third kappa shape index (κ3) is 4.65. The Morgan fingerprint density at radius 3 is 2.24 bits per heavy atom. The zero-order valence-electron chi connectivity index (χ0n) is 12.9. The molecule has 0 saturated heterocycles. The van der Waals surface area contributed by atoms with Gasteiger partial charge in [-0.25, -0.2) is 0 Å². The lowest BCUT2D eigenvalue weighted by Gasteiger charge is -2.19. The Hall–Kier alpha value is -1.19. The van der Waals surface area contributed by atoms with Crippen LogP contribution >= 0.6 is 15.9 Å². The number of nitrogens with zero attached hydrogens (tertiary/aromatic N) is 1. The van der Waals surface area contributed by atoms with E-state index in [0.717, 1.165) is 23.1 Å². The Morgan fingerprint density at radius 2 is 1.71 bits per heavy atom. The molecule has 0 spiro atoms. The van der Waals surface area contributed by atoms with Crippen LogP contribution in [0, 0.1) is 0 Å². The molecule has 0 radical (unpaired) electrons. The fraction of sp³-hybridized carbons (Fsp3) is 0.389. The first-order valence-corrected chi connectivity index (χ1v) is 8.33. The van der Waals surface area contributed by atoms with E-state index < -0.39 is 0 Å². The van der Waals surface area contributed by atoms with E-state index >= 15 is 0 Å². The van der Waals surface area contributed by atoms with Crippen LogP contribution in [0.3, 0.4) is 0 Å². The van der Waals surface area contributed by atoms with Gasteiger partial charge >= 0.3 is 0 Å². The number of hydrogen-bond donors (Lipinski definition) is 1. The smallest absolute Gasteiger partial charge is 0.0423 e. The van der Waals surface area contributed by atoms with Crippen molar-refractivity contribution in [3.05, 3.63) is 63.9 Å². The molecule has 0 aliphatic carbocycles. The van der Waals surface area contributed by atoms with Crippen molar-refractivity contribution in [3.8, 4) is 0 Å². The minimum atomic E-state index is 0.310. The first kappa shape index (κ1) is 16.2. The maximum Gasteiger partial charge on any atom is 0.0423 e. The van der Waals surface area contributed by atoms with E-state index in [9.17, 15) is 0 Å². The van der Waals surface area contributed by atoms with Gasteiger partial charge < -0.3 is 5.32 Å². The fourth-order valence-corrected chi connectivity index (χ4v) is 2.64. The van der Waals surface area contributed by atoms with E-state index in [1.165, 1.54) is 11.1 Å². The molecule has 1 heterocycles. The molecule has 1 aromatic carbocycles. The summed E-state index contributed by atoms with van der Waals surface area (Å²) >= 11 is 3.43. The van der Waals surface area contributed by atoms with Crippen molar-refractivity contribution in [2.75, 3.05) is 6.54 Å². The van der Waals surface area contributed by atoms with E-state index in [1.54, 1.807) is 0 Å². The van der Waals surface area contributed by atoms with Crippen LogP contribution in [0.2, 0.25) is 0 Å². The van der Waals surface area contributed by atoms with E-state index in [2.05, 4.69) is 77.3 Å². The van der Waals surface area contributed by atoms with Crippen molar-refractivity contribution in [1.29, 1.82) is 0 Å². The van der Waals surface area contributed by atoms with Crippen molar-refractivity contribution in [3.63, 3.8) is 0 Å². The van der Waals surface area contributed by atoms with E-state index in [4.69, 9.17) is 0 Å². The van der Waals surface area contributed by atoms with E-state index in [-0.39, 0.29) is 0 Å². The third-order valence-corrected chi connectivity index (χ3v) is 4.13. The Labute approximate surface area is 136 Å². The van der Waals surface area contributed by atoms with Gasteiger partial charge in [0.1, 0.15) is 0 Å². The van der Waals surface area contributed by atoms with Gasteiger partial charge in [-0.15, -0.1) is 0 Å². The number of benzene rings is 1. The van der Waals surface area contributed by atoms with E-state index in [1.807, 2.05) is 12.3 Å². The molecule has 0 aliphatic heterocycles. The monoisotopic (exact) mass is 346 g/mol. The lowest BCUT2D eigenvalue weighted by Crippen LogP contribution is -2.23. The highest BCUT2D eigenvalue weighted by Crippen LogP contribution is 2.21. The quantitative estimate of drug-likeness (QED) is 0.807. The second kappa shape index (κ2) is 7.71. The molecular formula is C18H23BrN2. The minimum absolute atomic E-state index is 0.310. The zero-order chi connectivity index (χ0) is 15.2. The summed E-state index contributed by atoms with van der Waals surface area (Å²) in [6, 6.07) is 13.4. The summed E-state index contributed by atoms with van der Waals surface area (Å²) in [5, 5.41) is 3.56. The number of likely N-dealkylation sites (N-methyl/N-ethyl adjacent to an activating group) is 1. The SMILES string of the molecule is CCNC(Cc1ccc(Br)cn1)c1ccc(C(C)C)cc1. The molecule has 112 valence electrons. The molecule has 1 atom stereocenters. The van der Waals surface area contributed by atoms with Crippen LogP contribution in [0.1, 0.15) is 49.6 Å². The molecule has 2 rings (SSSR count). The molecule has 21 heavy (non-hydrogen) atoms. The van der Waals surface area contributed by atoms with Gasteiger partial charge in [0, 0.05) is 28.8 Å². The van der Waals surface area contributed by atoms with Crippen molar-refractivity contribution in [2.24, 2.45) is 0 Å². The van der Waals surface area contributed by atoms with E-state index in [0.29, 0.717) is 12.0 Å². The van der Waals surface area contributed by atoms with Crippen molar-refractivity contribution >= 4 is 15.9 Å². The first-order chi connectivity index (χ1) is 10.1. The minimum Gasteiger partial charge on any atom is -0.310 e. The van der Waals surface area contributed by atoms with Gasteiger partial charge in [-0.3, -0.25) is 4.98 Å². The number of rotatable bonds is 6. The van der Waals surface area contributed by atoms with Crippen molar-refractivity contribution in [2.45, 2.75) is 39.2 Å². The average molecular weight is 347 g/mol. The van der Waals surface area contributed by atoms with Gasteiger partial charge in [0.2, 0.25) is 0 Å². The second-order valence-electron chi connectivity index (χ2n) is 5.60. The molecule has 0 amide bonds. The predicted octanol–water partition coefficient (Wildman–Crippen LogP) is 4.86. The first-order valence-electron chi connectivity index (χ1n) is 7.53. The molecular weight excluding hydrogens is 324 g/mol. The topological polar surface area (TPSA) is 24.9 Å². The van der Waals surface area contributed by atoms with Crippen LogP contribution in [-0.2, 0) is 6.42 Å². The van der Waals surface area contributed by atoms with Crippen LogP contribution in [-0.4, -0.2) is 11.5 Å². The Balaban J connectivity index is 2.15. The molecule has 0 saturated carbocycles. The van der Waals surface area contributed by atoms with Gasteiger partial charge in [-0.05, 0) is 51.7 Å². The molecule has 1 unspecified atom stereocenters. The fourth-order valence-electron chi connectivity index (χ4n) is 2.40. The second-order valence-corrected chi connectivity index (χ2v) is 6.52. The highest BCUT2D eigenvalue weighted by Gasteiger charge is 2.12. The lowest BCUT2D eigenvalue weighted by atomic mass is 9.97. The molecule has 3 heteroatoms.